The molecule has 7 heteroatoms. The highest BCUT2D eigenvalue weighted by Crippen LogP contribution is 2.27. The van der Waals surface area contributed by atoms with Crippen LogP contribution in [-0.2, 0) is 4.79 Å². The molecule has 0 aliphatic carbocycles. The summed E-state index contributed by atoms with van der Waals surface area (Å²) in [6.45, 7) is 1.44. The molecule has 0 unspecified atom stereocenters. The number of nitrogens with one attached hydrogen (secondary N) is 1. The lowest BCUT2D eigenvalue weighted by atomic mass is 9.91. The van der Waals surface area contributed by atoms with Gasteiger partial charge in [0, 0.05) is 29.9 Å². The van der Waals surface area contributed by atoms with E-state index in [-0.39, 0.29) is 0 Å². The Bertz CT molecular complexity index is 1060. The molecular formula is C23H22BN4O2. The number of carbonyl (C=O) groups excluding carboxylic acids is 1. The van der Waals surface area contributed by atoms with E-state index >= 15 is 0 Å². The van der Waals surface area contributed by atoms with Crippen LogP contribution < -0.4 is 10.1 Å². The van der Waals surface area contributed by atoms with Crippen molar-refractivity contribution in [2.24, 2.45) is 0 Å². The molecule has 1 aromatic heterocycles. The number of methoxy groups -OCH3 is 1. The lowest BCUT2D eigenvalue weighted by molar-refractivity contribution is 0.415. The van der Waals surface area contributed by atoms with Gasteiger partial charge in [-0.1, -0.05) is 42.5 Å². The van der Waals surface area contributed by atoms with Crippen molar-refractivity contribution in [3.05, 3.63) is 72.6 Å². The molecule has 1 aliphatic heterocycles. The zero-order valence-electron chi connectivity index (χ0n) is 16.8. The minimum atomic E-state index is 0.672. The second-order valence-corrected chi connectivity index (χ2v) is 6.94. The molecular weight excluding hydrogens is 375 g/mol. The summed E-state index contributed by atoms with van der Waals surface area (Å²) in [4.78, 5) is 22.3. The van der Waals surface area contributed by atoms with Gasteiger partial charge in [0.1, 0.15) is 11.6 Å². The van der Waals surface area contributed by atoms with Gasteiger partial charge in [-0.2, -0.15) is 0 Å². The first-order valence-electron chi connectivity index (χ1n) is 9.83. The van der Waals surface area contributed by atoms with Crippen LogP contribution in [-0.4, -0.2) is 48.6 Å². The average molecular weight is 397 g/mol. The molecule has 0 amide bonds. The summed E-state index contributed by atoms with van der Waals surface area (Å²) >= 11 is 0. The fourth-order valence-electron chi connectivity index (χ4n) is 3.37. The molecule has 1 aliphatic rings. The lowest BCUT2D eigenvalue weighted by Gasteiger charge is -2.23. The first-order valence-corrected chi connectivity index (χ1v) is 9.83. The van der Waals surface area contributed by atoms with Crippen molar-refractivity contribution in [2.75, 3.05) is 25.5 Å². The molecule has 0 bridgehead atoms. The lowest BCUT2D eigenvalue weighted by Crippen LogP contribution is -2.33. The number of carbonyl (C=O) groups is 1. The van der Waals surface area contributed by atoms with E-state index in [1.807, 2.05) is 65.5 Å². The third-order valence-corrected chi connectivity index (χ3v) is 4.94. The molecule has 1 N–H and O–H groups in total. The summed E-state index contributed by atoms with van der Waals surface area (Å²) in [5.74, 6) is 2.20. The average Bonchev–Trinajstić information content (AvgIpc) is 2.80. The Kier molecular flexibility index (Phi) is 6.20. The highest BCUT2D eigenvalue weighted by molar-refractivity contribution is 6.64. The van der Waals surface area contributed by atoms with Crippen LogP contribution in [0.5, 0.6) is 5.75 Å². The van der Waals surface area contributed by atoms with E-state index in [2.05, 4.69) is 11.4 Å². The molecule has 3 aromatic rings. The van der Waals surface area contributed by atoms with Gasteiger partial charge in [-0.05, 0) is 30.7 Å². The monoisotopic (exact) mass is 397 g/mol. The van der Waals surface area contributed by atoms with Gasteiger partial charge in [0.05, 0.1) is 19.0 Å². The number of rotatable bonds is 7. The third kappa shape index (κ3) is 4.75. The normalized spacial score (nSPS) is 14.0. The Morgan fingerprint density at radius 3 is 2.70 bits per heavy atom. The number of anilines is 2. The van der Waals surface area contributed by atoms with Gasteiger partial charge in [0.25, 0.3) is 7.41 Å². The number of aromatic nitrogens is 2. The van der Waals surface area contributed by atoms with E-state index in [0.29, 0.717) is 12.4 Å². The van der Waals surface area contributed by atoms with Crippen LogP contribution >= 0.6 is 0 Å². The molecule has 0 atom stereocenters. The van der Waals surface area contributed by atoms with Gasteiger partial charge in [-0.3, -0.25) is 0 Å². The Hall–Kier alpha value is -3.45. The maximum absolute atomic E-state index is 10.7. The topological polar surface area (TPSA) is 67.3 Å². The van der Waals surface area contributed by atoms with E-state index in [1.54, 1.807) is 14.5 Å². The maximum Gasteiger partial charge on any atom is 0.293 e. The number of benzene rings is 2. The van der Waals surface area contributed by atoms with Crippen molar-refractivity contribution in [3.63, 3.8) is 0 Å². The van der Waals surface area contributed by atoms with Crippen molar-refractivity contribution >= 4 is 30.7 Å². The first-order chi connectivity index (χ1) is 14.7. The molecule has 2 heterocycles. The van der Waals surface area contributed by atoms with Crippen molar-refractivity contribution in [3.8, 4) is 17.0 Å². The summed E-state index contributed by atoms with van der Waals surface area (Å²) in [5, 5.41) is 3.38. The zero-order chi connectivity index (χ0) is 20.8. The van der Waals surface area contributed by atoms with Gasteiger partial charge >= 0.3 is 0 Å². The van der Waals surface area contributed by atoms with Gasteiger partial charge in [-0.25, -0.2) is 9.97 Å². The number of hydrogen-bond donors (Lipinski definition) is 1. The van der Waals surface area contributed by atoms with Crippen molar-refractivity contribution in [1.82, 2.24) is 14.8 Å². The van der Waals surface area contributed by atoms with Gasteiger partial charge in [0.2, 0.25) is 0 Å². The van der Waals surface area contributed by atoms with Crippen LogP contribution in [0.1, 0.15) is 12.2 Å². The van der Waals surface area contributed by atoms with Crippen molar-refractivity contribution in [2.45, 2.75) is 6.42 Å². The highest BCUT2D eigenvalue weighted by Gasteiger charge is 2.17. The van der Waals surface area contributed by atoms with E-state index in [1.165, 1.54) is 0 Å². The number of ether oxygens (including phenoxy) is 1. The van der Waals surface area contributed by atoms with Gasteiger partial charge < -0.3 is 19.7 Å². The summed E-state index contributed by atoms with van der Waals surface area (Å²) in [7, 11) is 3.22. The standard InChI is InChI=1S/C23H22BN4O2/c1-30-20-9-5-8-19(14-20)25-22-15-21(17-6-3-2-4-7-17)26-23(27-22)18-10-12-28(13-11-18)24-16-29/h2-10,14-16H,11-13H2,1H3,(H,25,26,27). The first kappa shape index (κ1) is 19.9. The molecule has 0 saturated heterocycles. The largest absolute Gasteiger partial charge is 0.497 e. The molecule has 0 fully saturated rings. The van der Waals surface area contributed by atoms with E-state index in [4.69, 9.17) is 14.7 Å². The Labute approximate surface area is 176 Å². The second kappa shape index (κ2) is 9.37. The zero-order valence-corrected chi connectivity index (χ0v) is 16.8. The Morgan fingerprint density at radius 1 is 1.10 bits per heavy atom. The van der Waals surface area contributed by atoms with Crippen LogP contribution in [0.2, 0.25) is 0 Å². The fraction of sp³-hybridized carbons (Fsp3) is 0.174. The highest BCUT2D eigenvalue weighted by atomic mass is 16.5. The Balaban J connectivity index is 1.69. The summed E-state index contributed by atoms with van der Waals surface area (Å²) in [6, 6.07) is 19.8. The fourth-order valence-corrected chi connectivity index (χ4v) is 3.37. The molecule has 2 aromatic carbocycles. The molecule has 149 valence electrons. The Morgan fingerprint density at radius 2 is 1.97 bits per heavy atom. The van der Waals surface area contributed by atoms with Crippen molar-refractivity contribution < 1.29 is 9.53 Å². The molecule has 0 spiro atoms. The molecule has 4 rings (SSSR count). The molecule has 30 heavy (non-hydrogen) atoms. The quantitative estimate of drug-likeness (QED) is 0.483. The minimum absolute atomic E-state index is 0.672. The number of hydrogen-bond acceptors (Lipinski definition) is 6. The smallest absolute Gasteiger partial charge is 0.293 e. The van der Waals surface area contributed by atoms with E-state index < -0.39 is 0 Å². The minimum Gasteiger partial charge on any atom is -0.497 e. The van der Waals surface area contributed by atoms with Crippen LogP contribution in [0.15, 0.2) is 66.7 Å². The second-order valence-electron chi connectivity index (χ2n) is 6.94. The molecule has 6 nitrogen and oxygen atoms in total. The maximum atomic E-state index is 10.7. The summed E-state index contributed by atoms with van der Waals surface area (Å²) < 4.78 is 5.32. The molecule has 0 saturated carbocycles. The van der Waals surface area contributed by atoms with E-state index in [0.717, 1.165) is 53.2 Å². The summed E-state index contributed by atoms with van der Waals surface area (Å²) in [5.41, 5.74) is 3.86. The van der Waals surface area contributed by atoms with Crippen LogP contribution in [0.3, 0.4) is 0 Å². The van der Waals surface area contributed by atoms with Crippen LogP contribution in [0.25, 0.3) is 16.8 Å². The van der Waals surface area contributed by atoms with Crippen molar-refractivity contribution in [1.29, 1.82) is 0 Å². The predicted octanol–water partition coefficient (Wildman–Crippen LogP) is 3.79. The predicted molar refractivity (Wildman–Crippen MR) is 120 cm³/mol. The van der Waals surface area contributed by atoms with Gasteiger partial charge in [-0.15, -0.1) is 0 Å². The van der Waals surface area contributed by atoms with Crippen LogP contribution in [0, 0.1) is 0 Å². The van der Waals surface area contributed by atoms with E-state index in [9.17, 15) is 4.79 Å². The molecule has 1 radical (unpaired) electrons. The third-order valence-electron chi connectivity index (χ3n) is 4.94. The number of nitrogens with zero attached hydrogens (tertiary/aromatic N) is 3. The summed E-state index contributed by atoms with van der Waals surface area (Å²) in [6.07, 6.45) is 3.69. The van der Waals surface area contributed by atoms with Crippen LogP contribution in [0.4, 0.5) is 11.5 Å². The van der Waals surface area contributed by atoms with Gasteiger partial charge in [0.15, 0.2) is 5.82 Å². The SMILES string of the molecule is COc1cccc(Nc2cc(-c3ccccc3)nc(C3=CCN([B]C=O)CC3)n2)c1.